The zero-order valence-electron chi connectivity index (χ0n) is 11.7. The van der Waals surface area contributed by atoms with E-state index in [1.54, 1.807) is 0 Å². The van der Waals surface area contributed by atoms with E-state index in [4.69, 9.17) is 4.74 Å². The summed E-state index contributed by atoms with van der Waals surface area (Å²) >= 11 is 0. The average Bonchev–Trinajstić information content (AvgIpc) is 2.96. The fourth-order valence-corrected chi connectivity index (χ4v) is 3.27. The van der Waals surface area contributed by atoms with Crippen LogP contribution in [0.5, 0.6) is 0 Å². The van der Waals surface area contributed by atoms with Crippen LogP contribution in [0.4, 0.5) is 5.82 Å². The number of morpholine rings is 1. The first-order valence-corrected chi connectivity index (χ1v) is 7.42. The molecule has 4 nitrogen and oxygen atoms in total. The largest absolute Gasteiger partial charge is 0.378 e. The Morgan fingerprint density at radius 1 is 1.32 bits per heavy atom. The van der Waals surface area contributed by atoms with Gasteiger partial charge in [0, 0.05) is 30.9 Å². The molecule has 3 rings (SSSR count). The summed E-state index contributed by atoms with van der Waals surface area (Å²) in [4.78, 5) is 9.61. The molecule has 0 bridgehead atoms. The van der Waals surface area contributed by atoms with Gasteiger partial charge >= 0.3 is 0 Å². The van der Waals surface area contributed by atoms with Gasteiger partial charge < -0.3 is 9.64 Å². The molecule has 3 heterocycles. The molecule has 104 valence electrons. The lowest BCUT2D eigenvalue weighted by Crippen LogP contribution is -2.38. The summed E-state index contributed by atoms with van der Waals surface area (Å²) in [5, 5.41) is 0. The molecule has 0 radical (unpaired) electrons. The topological polar surface area (TPSA) is 28.6 Å². The number of rotatable bonds is 3. The second kappa shape index (κ2) is 5.88. The Morgan fingerprint density at radius 3 is 2.95 bits per heavy atom. The van der Waals surface area contributed by atoms with Crippen molar-refractivity contribution in [1.29, 1.82) is 0 Å². The van der Waals surface area contributed by atoms with E-state index in [-0.39, 0.29) is 0 Å². The molecule has 0 unspecified atom stereocenters. The molecule has 4 heteroatoms. The highest BCUT2D eigenvalue weighted by Crippen LogP contribution is 2.36. The fraction of sp³-hybridized carbons (Fsp3) is 0.667. The number of anilines is 1. The summed E-state index contributed by atoms with van der Waals surface area (Å²) in [7, 11) is 0. The molecular weight excluding hydrogens is 238 g/mol. The van der Waals surface area contributed by atoms with E-state index in [0.29, 0.717) is 6.04 Å². The minimum absolute atomic E-state index is 0.552. The standard InChI is InChI=1S/C15H23N3O/c1-2-17-8-4-6-14(17)13-5-3-7-16-15(13)18-9-11-19-12-10-18/h3,5,7,14H,2,4,6,8-12H2,1H3/t14-/m1/s1. The average molecular weight is 261 g/mol. The van der Waals surface area contributed by atoms with Crippen LogP contribution in [0.1, 0.15) is 31.4 Å². The van der Waals surface area contributed by atoms with E-state index < -0.39 is 0 Å². The van der Waals surface area contributed by atoms with Crippen LogP contribution in [-0.2, 0) is 4.74 Å². The third-order valence-electron chi connectivity index (χ3n) is 4.26. The Morgan fingerprint density at radius 2 is 2.16 bits per heavy atom. The summed E-state index contributed by atoms with van der Waals surface area (Å²) < 4.78 is 5.45. The molecule has 0 saturated carbocycles. The Hall–Kier alpha value is -1.13. The van der Waals surface area contributed by atoms with Crippen molar-refractivity contribution >= 4 is 5.82 Å². The second-order valence-corrected chi connectivity index (χ2v) is 5.30. The lowest BCUT2D eigenvalue weighted by Gasteiger charge is -2.32. The van der Waals surface area contributed by atoms with Crippen LogP contribution in [0.25, 0.3) is 0 Å². The number of ether oxygens (including phenoxy) is 1. The van der Waals surface area contributed by atoms with Gasteiger partial charge in [-0.25, -0.2) is 4.98 Å². The highest BCUT2D eigenvalue weighted by molar-refractivity contribution is 5.49. The van der Waals surface area contributed by atoms with Crippen molar-refractivity contribution in [1.82, 2.24) is 9.88 Å². The van der Waals surface area contributed by atoms with Crippen molar-refractivity contribution < 1.29 is 4.74 Å². The molecule has 1 aromatic heterocycles. The predicted octanol–water partition coefficient (Wildman–Crippen LogP) is 2.08. The monoisotopic (exact) mass is 261 g/mol. The van der Waals surface area contributed by atoms with Crippen molar-refractivity contribution in [2.24, 2.45) is 0 Å². The maximum atomic E-state index is 5.45. The van der Waals surface area contributed by atoms with Crippen molar-refractivity contribution in [3.05, 3.63) is 23.9 Å². The molecule has 2 saturated heterocycles. The predicted molar refractivity (Wildman–Crippen MR) is 76.5 cm³/mol. The van der Waals surface area contributed by atoms with Crippen LogP contribution in [-0.4, -0.2) is 49.3 Å². The fourth-order valence-electron chi connectivity index (χ4n) is 3.27. The van der Waals surface area contributed by atoms with Crippen LogP contribution in [0.15, 0.2) is 18.3 Å². The van der Waals surface area contributed by atoms with E-state index in [1.165, 1.54) is 30.8 Å². The molecule has 0 N–H and O–H groups in total. The van der Waals surface area contributed by atoms with Gasteiger partial charge in [0.15, 0.2) is 0 Å². The molecule has 0 spiro atoms. The Balaban J connectivity index is 1.88. The SMILES string of the molecule is CCN1CCC[C@@H]1c1cccnc1N1CCOCC1. The number of aromatic nitrogens is 1. The van der Waals surface area contributed by atoms with Gasteiger partial charge in [-0.3, -0.25) is 4.90 Å². The lowest BCUT2D eigenvalue weighted by molar-refractivity contribution is 0.122. The smallest absolute Gasteiger partial charge is 0.133 e. The third-order valence-corrected chi connectivity index (χ3v) is 4.26. The zero-order chi connectivity index (χ0) is 13.1. The Kier molecular flexibility index (Phi) is 3.99. The first-order chi connectivity index (χ1) is 9.40. The summed E-state index contributed by atoms with van der Waals surface area (Å²) in [5.74, 6) is 1.18. The van der Waals surface area contributed by atoms with Gasteiger partial charge in [0.1, 0.15) is 5.82 Å². The maximum Gasteiger partial charge on any atom is 0.133 e. The van der Waals surface area contributed by atoms with E-state index in [0.717, 1.165) is 32.8 Å². The normalized spacial score (nSPS) is 24.9. The molecule has 0 aliphatic carbocycles. The molecular formula is C15H23N3O. The second-order valence-electron chi connectivity index (χ2n) is 5.30. The molecule has 2 aliphatic rings. The van der Waals surface area contributed by atoms with Gasteiger partial charge in [-0.05, 0) is 32.0 Å². The van der Waals surface area contributed by atoms with Gasteiger partial charge in [-0.1, -0.05) is 13.0 Å². The number of pyridine rings is 1. The molecule has 19 heavy (non-hydrogen) atoms. The van der Waals surface area contributed by atoms with Crippen LogP contribution in [0, 0.1) is 0 Å². The van der Waals surface area contributed by atoms with Crippen LogP contribution >= 0.6 is 0 Å². The first-order valence-electron chi connectivity index (χ1n) is 7.42. The van der Waals surface area contributed by atoms with E-state index in [9.17, 15) is 0 Å². The van der Waals surface area contributed by atoms with Crippen LogP contribution < -0.4 is 4.90 Å². The zero-order valence-corrected chi connectivity index (χ0v) is 11.7. The number of nitrogens with zero attached hydrogens (tertiary/aromatic N) is 3. The van der Waals surface area contributed by atoms with Crippen molar-refractivity contribution in [2.45, 2.75) is 25.8 Å². The van der Waals surface area contributed by atoms with E-state index in [1.807, 2.05) is 6.20 Å². The van der Waals surface area contributed by atoms with Crippen LogP contribution in [0.2, 0.25) is 0 Å². The summed E-state index contributed by atoms with van der Waals surface area (Å²) in [6.07, 6.45) is 4.48. The van der Waals surface area contributed by atoms with Gasteiger partial charge in [0.2, 0.25) is 0 Å². The molecule has 0 amide bonds. The summed E-state index contributed by atoms with van der Waals surface area (Å²) in [5.41, 5.74) is 1.41. The third kappa shape index (κ3) is 2.60. The van der Waals surface area contributed by atoms with Gasteiger partial charge in [-0.2, -0.15) is 0 Å². The molecule has 0 aromatic carbocycles. The van der Waals surface area contributed by atoms with Gasteiger partial charge in [-0.15, -0.1) is 0 Å². The van der Waals surface area contributed by atoms with Crippen molar-refractivity contribution in [3.8, 4) is 0 Å². The van der Waals surface area contributed by atoms with Gasteiger partial charge in [0.25, 0.3) is 0 Å². The highest BCUT2D eigenvalue weighted by Gasteiger charge is 2.28. The van der Waals surface area contributed by atoms with Gasteiger partial charge in [0.05, 0.1) is 13.2 Å². The molecule has 2 aliphatic heterocycles. The minimum atomic E-state index is 0.552. The quantitative estimate of drug-likeness (QED) is 0.833. The van der Waals surface area contributed by atoms with Crippen LogP contribution in [0.3, 0.4) is 0 Å². The lowest BCUT2D eigenvalue weighted by atomic mass is 10.0. The number of hydrogen-bond acceptors (Lipinski definition) is 4. The minimum Gasteiger partial charge on any atom is -0.378 e. The Labute approximate surface area is 115 Å². The van der Waals surface area contributed by atoms with E-state index >= 15 is 0 Å². The number of hydrogen-bond donors (Lipinski definition) is 0. The van der Waals surface area contributed by atoms with Crippen molar-refractivity contribution in [2.75, 3.05) is 44.3 Å². The Bertz CT molecular complexity index is 418. The maximum absolute atomic E-state index is 5.45. The highest BCUT2D eigenvalue weighted by atomic mass is 16.5. The first kappa shape index (κ1) is 12.9. The summed E-state index contributed by atoms with van der Waals surface area (Å²) in [6, 6.07) is 4.89. The molecule has 1 atom stereocenters. The number of likely N-dealkylation sites (tertiary alicyclic amines) is 1. The van der Waals surface area contributed by atoms with E-state index in [2.05, 4.69) is 33.8 Å². The summed E-state index contributed by atoms with van der Waals surface area (Å²) in [6.45, 7) is 8.16. The molecule has 1 aromatic rings. The van der Waals surface area contributed by atoms with Crippen molar-refractivity contribution in [3.63, 3.8) is 0 Å². The molecule has 2 fully saturated rings.